The van der Waals surface area contributed by atoms with E-state index in [4.69, 9.17) is 29.5 Å². The molecule has 1 aromatic carbocycles. The lowest BCUT2D eigenvalue weighted by molar-refractivity contribution is 0.161. The molecule has 0 saturated heterocycles. The van der Waals surface area contributed by atoms with E-state index < -0.39 is 0 Å². The summed E-state index contributed by atoms with van der Waals surface area (Å²) in [5.74, 6) is 0.900. The maximum absolute atomic E-state index is 8.92. The van der Waals surface area contributed by atoms with Gasteiger partial charge in [0.2, 0.25) is 0 Å². The molecule has 0 heterocycles. The summed E-state index contributed by atoms with van der Waals surface area (Å²) in [6.07, 6.45) is 4.10. The highest BCUT2D eigenvalue weighted by Crippen LogP contribution is 2.33. The second kappa shape index (κ2) is 11.2. The van der Waals surface area contributed by atoms with Gasteiger partial charge < -0.3 is 18.9 Å². The van der Waals surface area contributed by atoms with E-state index in [2.05, 4.69) is 13.2 Å². The Morgan fingerprint density at radius 1 is 0.958 bits per heavy atom. The van der Waals surface area contributed by atoms with Crippen LogP contribution in [0.3, 0.4) is 0 Å². The van der Waals surface area contributed by atoms with Crippen molar-refractivity contribution in [3.63, 3.8) is 0 Å². The summed E-state index contributed by atoms with van der Waals surface area (Å²) >= 11 is 0. The highest BCUT2D eigenvalue weighted by molar-refractivity contribution is 5.69. The Labute approximate surface area is 141 Å². The van der Waals surface area contributed by atoms with Crippen LogP contribution in [0, 0.1) is 22.7 Å². The first kappa shape index (κ1) is 18.7. The molecule has 0 N–H and O–H groups in total. The van der Waals surface area contributed by atoms with E-state index in [0.717, 1.165) is 0 Å². The maximum atomic E-state index is 8.92. The molecule has 0 aromatic heterocycles. The normalized spacial score (nSPS) is 8.92. The van der Waals surface area contributed by atoms with Crippen LogP contribution in [0.5, 0.6) is 11.5 Å². The fraction of sp³-hybridized carbons (Fsp3) is 0.222. The molecular weight excluding hydrogens is 308 g/mol. The molecule has 0 amide bonds. The Bertz CT molecular complexity index is 653. The first-order valence-electron chi connectivity index (χ1n) is 7.12. The summed E-state index contributed by atoms with van der Waals surface area (Å²) in [6, 6.07) is 8.84. The Morgan fingerprint density at radius 3 is 2.17 bits per heavy atom. The first-order valence-corrected chi connectivity index (χ1v) is 7.12. The van der Waals surface area contributed by atoms with Crippen LogP contribution < -0.4 is 9.47 Å². The average Bonchev–Trinajstić information content (AvgIpc) is 2.61. The zero-order valence-electron chi connectivity index (χ0n) is 13.2. The lowest BCUT2D eigenvalue weighted by atomic mass is 10.1. The molecule has 0 atom stereocenters. The predicted octanol–water partition coefficient (Wildman–Crippen LogP) is 3.19. The molecule has 1 rings (SSSR count). The molecular formula is C18H18N2O4. The fourth-order valence-electron chi connectivity index (χ4n) is 1.72. The number of rotatable bonds is 11. The number of hydrogen-bond donors (Lipinski definition) is 0. The van der Waals surface area contributed by atoms with Crippen molar-refractivity contribution in [3.8, 4) is 23.6 Å². The molecule has 6 nitrogen and oxygen atoms in total. The van der Waals surface area contributed by atoms with E-state index in [9.17, 15) is 0 Å². The molecule has 0 saturated carbocycles. The van der Waals surface area contributed by atoms with Crippen molar-refractivity contribution in [2.75, 3.05) is 26.4 Å². The third-order valence-corrected chi connectivity index (χ3v) is 2.69. The van der Waals surface area contributed by atoms with Gasteiger partial charge in [0.1, 0.15) is 44.1 Å². The van der Waals surface area contributed by atoms with Gasteiger partial charge in [-0.15, -0.1) is 0 Å². The first-order chi connectivity index (χ1) is 11.8. The topological polar surface area (TPSA) is 84.5 Å². The SMILES string of the molecule is C=COCCOc1cccc(C=C(C#N)C#N)c1OCCOC=C. The lowest BCUT2D eigenvalue weighted by Crippen LogP contribution is -2.09. The van der Waals surface area contributed by atoms with E-state index in [1.54, 1.807) is 18.2 Å². The number of para-hydroxylation sites is 1. The molecule has 0 aliphatic heterocycles. The van der Waals surface area contributed by atoms with Crippen LogP contribution in [-0.2, 0) is 9.47 Å². The molecule has 0 aliphatic rings. The number of benzene rings is 1. The Hall–Kier alpha value is -3.38. The van der Waals surface area contributed by atoms with Gasteiger partial charge in [-0.3, -0.25) is 0 Å². The molecule has 24 heavy (non-hydrogen) atoms. The van der Waals surface area contributed by atoms with Crippen LogP contribution in [-0.4, -0.2) is 26.4 Å². The summed E-state index contributed by atoms with van der Waals surface area (Å²) in [5, 5.41) is 17.8. The fourth-order valence-corrected chi connectivity index (χ4v) is 1.72. The summed E-state index contributed by atoms with van der Waals surface area (Å²) in [6.45, 7) is 8.10. The van der Waals surface area contributed by atoms with Gasteiger partial charge in [-0.05, 0) is 12.1 Å². The quantitative estimate of drug-likeness (QED) is 0.353. The van der Waals surface area contributed by atoms with Crippen LogP contribution >= 0.6 is 0 Å². The van der Waals surface area contributed by atoms with Gasteiger partial charge >= 0.3 is 0 Å². The summed E-state index contributed by atoms with van der Waals surface area (Å²) in [5.41, 5.74) is 0.531. The Morgan fingerprint density at radius 2 is 1.58 bits per heavy atom. The van der Waals surface area contributed by atoms with Gasteiger partial charge in [-0.2, -0.15) is 10.5 Å². The summed E-state index contributed by atoms with van der Waals surface area (Å²) < 4.78 is 21.4. The largest absolute Gasteiger partial charge is 0.498 e. The van der Waals surface area contributed by atoms with Crippen LogP contribution in [0.4, 0.5) is 0 Å². The third-order valence-electron chi connectivity index (χ3n) is 2.69. The van der Waals surface area contributed by atoms with Crippen molar-refractivity contribution in [1.29, 1.82) is 10.5 Å². The second-order valence-corrected chi connectivity index (χ2v) is 4.23. The predicted molar refractivity (Wildman–Crippen MR) is 88.9 cm³/mol. The highest BCUT2D eigenvalue weighted by atomic mass is 16.5. The zero-order chi connectivity index (χ0) is 17.6. The standard InChI is InChI=1S/C18H18N2O4/c1-3-21-8-10-23-17-7-5-6-16(12-15(13-19)14-20)18(17)24-11-9-22-4-2/h3-7,12H,1-2,8-11H2. The smallest absolute Gasteiger partial charge is 0.168 e. The van der Waals surface area contributed by atoms with Crippen molar-refractivity contribution in [3.05, 3.63) is 55.0 Å². The van der Waals surface area contributed by atoms with E-state index in [1.165, 1.54) is 18.6 Å². The minimum absolute atomic E-state index is 0.0330. The molecule has 0 aliphatic carbocycles. The van der Waals surface area contributed by atoms with E-state index in [0.29, 0.717) is 36.9 Å². The Balaban J connectivity index is 3.01. The third kappa shape index (κ3) is 6.17. The van der Waals surface area contributed by atoms with Crippen molar-refractivity contribution in [1.82, 2.24) is 0 Å². The molecule has 6 heteroatoms. The van der Waals surface area contributed by atoms with Gasteiger partial charge in [-0.1, -0.05) is 25.3 Å². The number of nitrogens with zero attached hydrogens (tertiary/aromatic N) is 2. The lowest BCUT2D eigenvalue weighted by Gasteiger charge is -2.15. The summed E-state index contributed by atoms with van der Waals surface area (Å²) in [7, 11) is 0. The van der Waals surface area contributed by atoms with Crippen molar-refractivity contribution in [2.45, 2.75) is 0 Å². The molecule has 0 spiro atoms. The van der Waals surface area contributed by atoms with E-state index >= 15 is 0 Å². The molecule has 0 bridgehead atoms. The van der Waals surface area contributed by atoms with Crippen LogP contribution in [0.1, 0.15) is 5.56 Å². The number of nitriles is 2. The minimum atomic E-state index is -0.0330. The van der Waals surface area contributed by atoms with Gasteiger partial charge in [0.25, 0.3) is 0 Å². The van der Waals surface area contributed by atoms with Gasteiger partial charge in [0.05, 0.1) is 12.5 Å². The van der Waals surface area contributed by atoms with Crippen molar-refractivity contribution >= 4 is 6.08 Å². The molecule has 0 unspecified atom stereocenters. The number of hydrogen-bond acceptors (Lipinski definition) is 6. The monoisotopic (exact) mass is 326 g/mol. The highest BCUT2D eigenvalue weighted by Gasteiger charge is 2.11. The molecule has 0 fully saturated rings. The Kier molecular flexibility index (Phi) is 8.73. The van der Waals surface area contributed by atoms with Crippen molar-refractivity contribution in [2.24, 2.45) is 0 Å². The number of ether oxygens (including phenoxy) is 4. The molecule has 124 valence electrons. The molecule has 0 radical (unpaired) electrons. The van der Waals surface area contributed by atoms with Gasteiger partial charge in [0.15, 0.2) is 11.5 Å². The van der Waals surface area contributed by atoms with Crippen LogP contribution in [0.2, 0.25) is 0 Å². The zero-order valence-corrected chi connectivity index (χ0v) is 13.2. The van der Waals surface area contributed by atoms with E-state index in [1.807, 2.05) is 12.1 Å². The maximum Gasteiger partial charge on any atom is 0.168 e. The average molecular weight is 326 g/mol. The van der Waals surface area contributed by atoms with Crippen LogP contribution in [0.15, 0.2) is 49.5 Å². The van der Waals surface area contributed by atoms with Gasteiger partial charge in [0, 0.05) is 5.56 Å². The van der Waals surface area contributed by atoms with Crippen LogP contribution in [0.25, 0.3) is 6.08 Å². The van der Waals surface area contributed by atoms with Gasteiger partial charge in [-0.25, -0.2) is 0 Å². The number of allylic oxidation sites excluding steroid dienone is 1. The van der Waals surface area contributed by atoms with E-state index in [-0.39, 0.29) is 12.2 Å². The summed E-state index contributed by atoms with van der Waals surface area (Å²) in [4.78, 5) is 0. The second-order valence-electron chi connectivity index (χ2n) is 4.23. The minimum Gasteiger partial charge on any atom is -0.498 e. The molecule has 1 aromatic rings. The van der Waals surface area contributed by atoms with Crippen molar-refractivity contribution < 1.29 is 18.9 Å².